The van der Waals surface area contributed by atoms with E-state index in [1.54, 1.807) is 0 Å². The van der Waals surface area contributed by atoms with Crippen LogP contribution in [0.5, 0.6) is 0 Å². The van der Waals surface area contributed by atoms with Gasteiger partial charge in [-0.2, -0.15) is 0 Å². The molecule has 1 aromatic rings. The summed E-state index contributed by atoms with van der Waals surface area (Å²) in [6.07, 6.45) is 1.40. The first kappa shape index (κ1) is 10.3. The summed E-state index contributed by atoms with van der Waals surface area (Å²) in [7, 11) is 0. The smallest absolute Gasteiger partial charge is 0.252 e. The molecule has 3 nitrogen and oxygen atoms in total. The Balaban J connectivity index is 2.95. The summed E-state index contributed by atoms with van der Waals surface area (Å²) < 4.78 is 5.05. The van der Waals surface area contributed by atoms with Gasteiger partial charge in [0.25, 0.3) is 5.91 Å². The lowest BCUT2D eigenvalue weighted by Crippen LogP contribution is -2.13. The molecule has 0 aliphatic rings. The molecular formula is C11H13NO2. The molecule has 0 heterocycles. The van der Waals surface area contributed by atoms with E-state index >= 15 is 0 Å². The predicted octanol–water partition coefficient (Wildman–Crippen LogP) is 1.55. The molecule has 0 aliphatic heterocycles. The molecule has 0 spiro atoms. The summed E-state index contributed by atoms with van der Waals surface area (Å²) >= 11 is 0. The van der Waals surface area contributed by atoms with Gasteiger partial charge in [-0.3, -0.25) is 4.79 Å². The highest BCUT2D eigenvalue weighted by Crippen LogP contribution is 2.13. The molecule has 0 atom stereocenters. The minimum absolute atomic E-state index is 0.396. The summed E-state index contributed by atoms with van der Waals surface area (Å²) in [5.41, 5.74) is 6.39. The van der Waals surface area contributed by atoms with E-state index in [1.807, 2.05) is 37.3 Å². The van der Waals surface area contributed by atoms with E-state index in [4.69, 9.17) is 10.5 Å². The van der Waals surface area contributed by atoms with Crippen LogP contribution < -0.4 is 5.73 Å². The van der Waals surface area contributed by atoms with Gasteiger partial charge in [-0.1, -0.05) is 30.3 Å². The van der Waals surface area contributed by atoms with Crippen LogP contribution in [0, 0.1) is 0 Å². The summed E-state index contributed by atoms with van der Waals surface area (Å²) in [6.45, 7) is 2.36. The lowest BCUT2D eigenvalue weighted by molar-refractivity contribution is -0.112. The van der Waals surface area contributed by atoms with Crippen LogP contribution in [0.2, 0.25) is 0 Å². The van der Waals surface area contributed by atoms with Gasteiger partial charge in [-0.05, 0) is 12.5 Å². The molecule has 0 saturated heterocycles. The second-order valence-corrected chi connectivity index (χ2v) is 2.72. The molecule has 0 bridgehead atoms. The van der Waals surface area contributed by atoms with Crippen LogP contribution in [0.25, 0.3) is 5.57 Å². The Hall–Kier alpha value is -1.77. The third-order valence-corrected chi connectivity index (χ3v) is 1.72. The number of hydrogen-bond donors (Lipinski definition) is 1. The quantitative estimate of drug-likeness (QED) is 0.580. The van der Waals surface area contributed by atoms with Crippen LogP contribution in [0.1, 0.15) is 12.5 Å². The van der Waals surface area contributed by atoms with E-state index in [-0.39, 0.29) is 0 Å². The van der Waals surface area contributed by atoms with Crippen molar-refractivity contribution < 1.29 is 9.53 Å². The molecule has 1 rings (SSSR count). The van der Waals surface area contributed by atoms with E-state index < -0.39 is 5.91 Å². The first-order valence-corrected chi connectivity index (χ1v) is 4.42. The second kappa shape index (κ2) is 5.07. The van der Waals surface area contributed by atoms with Crippen molar-refractivity contribution in [3.05, 3.63) is 42.2 Å². The lowest BCUT2D eigenvalue weighted by atomic mass is 10.1. The average Bonchev–Trinajstić information content (AvgIpc) is 2.19. The van der Waals surface area contributed by atoms with E-state index in [0.717, 1.165) is 5.56 Å². The second-order valence-electron chi connectivity index (χ2n) is 2.72. The van der Waals surface area contributed by atoms with Crippen molar-refractivity contribution in [1.82, 2.24) is 0 Å². The van der Waals surface area contributed by atoms with Gasteiger partial charge in [0.05, 0.1) is 18.4 Å². The van der Waals surface area contributed by atoms with Crippen LogP contribution in [-0.4, -0.2) is 12.5 Å². The monoisotopic (exact) mass is 191 g/mol. The minimum atomic E-state index is -0.482. The third kappa shape index (κ3) is 2.62. The van der Waals surface area contributed by atoms with Gasteiger partial charge in [-0.25, -0.2) is 0 Å². The Morgan fingerprint density at radius 1 is 1.43 bits per heavy atom. The van der Waals surface area contributed by atoms with Crippen LogP contribution >= 0.6 is 0 Å². The molecule has 1 amide bonds. The molecule has 0 aliphatic carbocycles. The highest BCUT2D eigenvalue weighted by atomic mass is 16.5. The molecule has 0 saturated carbocycles. The first-order chi connectivity index (χ1) is 6.75. The first-order valence-electron chi connectivity index (χ1n) is 4.42. The van der Waals surface area contributed by atoms with Gasteiger partial charge < -0.3 is 10.5 Å². The topological polar surface area (TPSA) is 52.3 Å². The van der Waals surface area contributed by atoms with Crippen molar-refractivity contribution in [3.63, 3.8) is 0 Å². The van der Waals surface area contributed by atoms with Crippen molar-refractivity contribution in [2.24, 2.45) is 5.73 Å². The maximum absolute atomic E-state index is 11.1. The fourth-order valence-electron chi connectivity index (χ4n) is 1.05. The highest BCUT2D eigenvalue weighted by Gasteiger charge is 2.07. The van der Waals surface area contributed by atoms with Crippen molar-refractivity contribution in [1.29, 1.82) is 0 Å². The zero-order valence-corrected chi connectivity index (χ0v) is 8.07. The van der Waals surface area contributed by atoms with Gasteiger partial charge in [0.2, 0.25) is 0 Å². The Labute approximate surface area is 83.2 Å². The van der Waals surface area contributed by atoms with Gasteiger partial charge >= 0.3 is 0 Å². The number of ether oxygens (including phenoxy) is 1. The van der Waals surface area contributed by atoms with Gasteiger partial charge in [0.15, 0.2) is 0 Å². The van der Waals surface area contributed by atoms with Crippen LogP contribution in [0.3, 0.4) is 0 Å². The fourth-order valence-corrected chi connectivity index (χ4v) is 1.05. The summed E-state index contributed by atoms with van der Waals surface area (Å²) in [4.78, 5) is 11.1. The van der Waals surface area contributed by atoms with Crippen molar-refractivity contribution in [2.45, 2.75) is 6.92 Å². The van der Waals surface area contributed by atoms with Gasteiger partial charge in [0, 0.05) is 0 Å². The number of hydrogen-bond acceptors (Lipinski definition) is 2. The largest absolute Gasteiger partial charge is 0.501 e. The number of rotatable bonds is 4. The SMILES string of the molecule is CCO/C=C(\C(N)=O)c1ccccc1. The molecular weight excluding hydrogens is 178 g/mol. The van der Waals surface area contributed by atoms with Crippen molar-refractivity contribution in [3.8, 4) is 0 Å². The van der Waals surface area contributed by atoms with Crippen LogP contribution in [0.15, 0.2) is 36.6 Å². The number of amides is 1. The van der Waals surface area contributed by atoms with Gasteiger partial charge in [0.1, 0.15) is 0 Å². The summed E-state index contributed by atoms with van der Waals surface area (Å²) in [6, 6.07) is 9.20. The average molecular weight is 191 g/mol. The van der Waals surface area contributed by atoms with Crippen molar-refractivity contribution in [2.75, 3.05) is 6.61 Å². The Kier molecular flexibility index (Phi) is 3.73. The molecule has 74 valence electrons. The maximum Gasteiger partial charge on any atom is 0.252 e. The number of nitrogens with two attached hydrogens (primary N) is 1. The fraction of sp³-hybridized carbons (Fsp3) is 0.182. The van der Waals surface area contributed by atoms with E-state index in [2.05, 4.69) is 0 Å². The van der Waals surface area contributed by atoms with Crippen LogP contribution in [0.4, 0.5) is 0 Å². The normalized spacial score (nSPS) is 11.1. The van der Waals surface area contributed by atoms with Crippen molar-refractivity contribution >= 4 is 11.5 Å². The Morgan fingerprint density at radius 3 is 2.57 bits per heavy atom. The zero-order chi connectivity index (χ0) is 10.4. The lowest BCUT2D eigenvalue weighted by Gasteiger charge is -2.03. The molecule has 1 aromatic carbocycles. The minimum Gasteiger partial charge on any atom is -0.501 e. The zero-order valence-electron chi connectivity index (χ0n) is 8.07. The van der Waals surface area contributed by atoms with E-state index in [1.165, 1.54) is 6.26 Å². The summed E-state index contributed by atoms with van der Waals surface area (Å²) in [5, 5.41) is 0. The van der Waals surface area contributed by atoms with E-state index in [0.29, 0.717) is 12.2 Å². The number of carbonyl (C=O) groups excluding carboxylic acids is 1. The molecule has 3 heteroatoms. The van der Waals surface area contributed by atoms with Gasteiger partial charge in [-0.15, -0.1) is 0 Å². The Bertz CT molecular complexity index is 330. The number of primary amides is 1. The maximum atomic E-state index is 11.1. The Morgan fingerprint density at radius 2 is 2.07 bits per heavy atom. The van der Waals surface area contributed by atoms with E-state index in [9.17, 15) is 4.79 Å². The molecule has 2 N–H and O–H groups in total. The number of carbonyl (C=O) groups is 1. The molecule has 14 heavy (non-hydrogen) atoms. The molecule has 0 unspecified atom stereocenters. The standard InChI is InChI=1S/C11H13NO2/c1-2-14-8-10(11(12)13)9-6-4-3-5-7-9/h3-8H,2H2,1H3,(H2,12,13)/b10-8-. The third-order valence-electron chi connectivity index (χ3n) is 1.72. The number of benzene rings is 1. The predicted molar refractivity (Wildman–Crippen MR) is 55.2 cm³/mol. The molecule has 0 fully saturated rings. The van der Waals surface area contributed by atoms with Crippen LogP contribution in [-0.2, 0) is 9.53 Å². The summed E-state index contributed by atoms with van der Waals surface area (Å²) in [5.74, 6) is -0.482. The highest BCUT2D eigenvalue weighted by molar-refractivity contribution is 6.18. The molecule has 0 radical (unpaired) electrons. The molecule has 0 aromatic heterocycles.